The molecule has 0 bridgehead atoms. The molecule has 5 heteroatoms. The van der Waals surface area contributed by atoms with E-state index in [0.29, 0.717) is 10.1 Å². The van der Waals surface area contributed by atoms with Crippen LogP contribution >= 0.6 is 0 Å². The second kappa shape index (κ2) is 9.34. The monoisotopic (exact) mass is 518 g/mol. The molecule has 0 heterocycles. The van der Waals surface area contributed by atoms with Gasteiger partial charge in [-0.2, -0.15) is 0 Å². The van der Waals surface area contributed by atoms with Crippen LogP contribution in [-0.4, -0.2) is 16.1 Å². The van der Waals surface area contributed by atoms with Crippen LogP contribution in [0.3, 0.4) is 0 Å². The quantitative estimate of drug-likeness (QED) is 0.494. The average molecular weight is 521 g/mol. The zero-order chi connectivity index (χ0) is 19.3. The summed E-state index contributed by atoms with van der Waals surface area (Å²) in [6.45, 7) is 25.1. The molecule has 2 rings (SSSR count). The minimum Gasteiger partial charge on any atom is -1.00 e. The van der Waals surface area contributed by atoms with Crippen LogP contribution in [-0.2, 0) is 23.2 Å². The van der Waals surface area contributed by atoms with E-state index < -0.39 is 39.4 Å². The van der Waals surface area contributed by atoms with Crippen molar-refractivity contribution in [3.63, 3.8) is 0 Å². The van der Waals surface area contributed by atoms with E-state index in [4.69, 9.17) is 0 Å². The fraction of sp³-hybridized carbons (Fsp3) is 0.636. The normalized spacial score (nSPS) is 17.9. The second-order valence-electron chi connectivity index (χ2n) is 10.9. The smallest absolute Gasteiger partial charge is 1.00 e. The number of hydrogen-bond donors (Lipinski definition) is 0. The van der Waals surface area contributed by atoms with E-state index >= 15 is 0 Å². The molecule has 0 N–H and O–H groups in total. The minimum absolute atomic E-state index is 0. The van der Waals surface area contributed by atoms with Crippen molar-refractivity contribution >= 4 is 16.1 Å². The minimum atomic E-state index is -1.41. The molecule has 0 atom stereocenters. The molecule has 0 saturated heterocycles. The molecular weight excluding hydrogens is 483 g/mol. The predicted molar refractivity (Wildman–Crippen MR) is 116 cm³/mol. The van der Waals surface area contributed by atoms with Crippen molar-refractivity contribution in [2.75, 3.05) is 0 Å². The topological polar surface area (TPSA) is 0 Å². The van der Waals surface area contributed by atoms with E-state index in [-0.39, 0.29) is 24.8 Å². The summed E-state index contributed by atoms with van der Waals surface area (Å²) in [5.74, 6) is 0. The summed E-state index contributed by atoms with van der Waals surface area (Å²) in [6.07, 6.45) is 12.5. The molecule has 0 aromatic carbocycles. The first-order chi connectivity index (χ1) is 11.2. The van der Waals surface area contributed by atoms with E-state index in [2.05, 4.69) is 92.0 Å². The largest absolute Gasteiger partial charge is 1.00 e. The summed E-state index contributed by atoms with van der Waals surface area (Å²) in [7, 11) is -2.82. The van der Waals surface area contributed by atoms with Gasteiger partial charge in [0.15, 0.2) is 0 Å². The molecule has 0 amide bonds. The Bertz CT molecular complexity index is 611. The van der Waals surface area contributed by atoms with E-state index in [1.807, 2.05) is 6.56 Å². The molecule has 0 unspecified atom stereocenters. The Balaban J connectivity index is 0.00000338. The van der Waals surface area contributed by atoms with Crippen molar-refractivity contribution in [2.45, 2.75) is 90.6 Å². The SMILES string of the molecule is CC(C)(C)[Si](C)(C)C1=[C]([Zr+2][C]2=C([Si](C)(C)C(C)(C)C)C=CC2)CC=C1.[Cl-].[Cl-]. The maximum absolute atomic E-state index is 2.59. The van der Waals surface area contributed by atoms with Gasteiger partial charge in [-0.05, 0) is 0 Å². The third kappa shape index (κ3) is 5.51. The molecule has 152 valence electrons. The summed E-state index contributed by atoms with van der Waals surface area (Å²) < 4.78 is 3.79. The van der Waals surface area contributed by atoms with E-state index in [1.165, 1.54) is 12.8 Å². The van der Waals surface area contributed by atoms with Crippen molar-refractivity contribution in [2.24, 2.45) is 0 Å². The predicted octanol–water partition coefficient (Wildman–Crippen LogP) is 1.60. The summed E-state index contributed by atoms with van der Waals surface area (Å²) in [5, 5.41) is 4.49. The van der Waals surface area contributed by atoms with Gasteiger partial charge in [-0.3, -0.25) is 0 Å². The molecule has 0 spiro atoms. The number of rotatable bonds is 4. The molecule has 0 radical (unpaired) electrons. The molecule has 0 aromatic heterocycles. The van der Waals surface area contributed by atoms with Crippen molar-refractivity contribution < 1.29 is 48.0 Å². The number of hydrogen-bond acceptors (Lipinski definition) is 0. The molecule has 27 heavy (non-hydrogen) atoms. The molecule has 0 saturated carbocycles. The summed E-state index contributed by atoms with van der Waals surface area (Å²) in [5.41, 5.74) is 0. The number of allylic oxidation sites excluding steroid dienone is 8. The zero-order valence-electron chi connectivity index (χ0n) is 19.0. The van der Waals surface area contributed by atoms with Crippen LogP contribution in [0.4, 0.5) is 0 Å². The molecule has 0 aromatic rings. The van der Waals surface area contributed by atoms with Gasteiger partial charge in [0.25, 0.3) is 0 Å². The van der Waals surface area contributed by atoms with Crippen molar-refractivity contribution in [3.05, 3.63) is 41.3 Å². The third-order valence-electron chi connectivity index (χ3n) is 7.26. The summed E-state index contributed by atoms with van der Waals surface area (Å²) in [4.78, 5) is 0. The first-order valence-electron chi connectivity index (χ1n) is 9.77. The van der Waals surface area contributed by atoms with Crippen molar-refractivity contribution in [1.29, 1.82) is 0 Å². The Kier molecular flexibility index (Phi) is 9.63. The molecular formula is C22H38Cl2Si2Zr. The van der Waals surface area contributed by atoms with Crippen LogP contribution in [0.2, 0.25) is 36.3 Å². The molecule has 0 nitrogen and oxygen atoms in total. The second-order valence-corrected chi connectivity index (χ2v) is 25.0. The van der Waals surface area contributed by atoms with Crippen molar-refractivity contribution in [3.8, 4) is 0 Å². The van der Waals surface area contributed by atoms with Gasteiger partial charge in [-0.15, -0.1) is 0 Å². The zero-order valence-corrected chi connectivity index (χ0v) is 24.9. The van der Waals surface area contributed by atoms with Gasteiger partial charge >= 0.3 is 171 Å². The van der Waals surface area contributed by atoms with Gasteiger partial charge in [-0.25, -0.2) is 0 Å². The Labute approximate surface area is 194 Å². The first kappa shape index (κ1) is 27.9. The Morgan fingerprint density at radius 3 is 1.22 bits per heavy atom. The molecule has 2 aliphatic carbocycles. The standard InChI is InChI=1S/2C11H19Si.2ClH.Zr/c2*1-11(2,3)12(4,5)10-8-6-7-9-10;;;/h2*6,8H,7H2,1-5H3;2*1H;/q;;;;+2/p-2. The van der Waals surface area contributed by atoms with Crippen LogP contribution in [0.15, 0.2) is 41.3 Å². The van der Waals surface area contributed by atoms with E-state index in [9.17, 15) is 0 Å². The van der Waals surface area contributed by atoms with Gasteiger partial charge in [-0.1, -0.05) is 0 Å². The van der Waals surface area contributed by atoms with Gasteiger partial charge in [0, 0.05) is 0 Å². The van der Waals surface area contributed by atoms with Crippen LogP contribution in [0, 0.1) is 0 Å². The summed E-state index contributed by atoms with van der Waals surface area (Å²) in [6, 6.07) is 0. The van der Waals surface area contributed by atoms with Gasteiger partial charge < -0.3 is 24.8 Å². The van der Waals surface area contributed by atoms with Crippen LogP contribution in [0.5, 0.6) is 0 Å². The summed E-state index contributed by atoms with van der Waals surface area (Å²) >= 11 is -0.642. The fourth-order valence-corrected chi connectivity index (χ4v) is 16.2. The van der Waals surface area contributed by atoms with Crippen molar-refractivity contribution in [1.82, 2.24) is 0 Å². The van der Waals surface area contributed by atoms with Gasteiger partial charge in [0.2, 0.25) is 0 Å². The Morgan fingerprint density at radius 1 is 0.667 bits per heavy atom. The van der Waals surface area contributed by atoms with Crippen LogP contribution in [0.1, 0.15) is 54.4 Å². The molecule has 0 aliphatic heterocycles. The molecule has 0 fully saturated rings. The van der Waals surface area contributed by atoms with E-state index in [0.717, 1.165) is 0 Å². The van der Waals surface area contributed by atoms with Gasteiger partial charge in [0.05, 0.1) is 0 Å². The maximum atomic E-state index is 2.59. The Hall–Kier alpha value is 0.857. The Morgan fingerprint density at radius 2 is 0.963 bits per heavy atom. The fourth-order valence-electron chi connectivity index (χ4n) is 3.41. The van der Waals surface area contributed by atoms with Gasteiger partial charge in [0.1, 0.15) is 0 Å². The van der Waals surface area contributed by atoms with Crippen LogP contribution in [0.25, 0.3) is 0 Å². The van der Waals surface area contributed by atoms with Crippen LogP contribution < -0.4 is 24.8 Å². The maximum Gasteiger partial charge on any atom is -1.00 e. The van der Waals surface area contributed by atoms with E-state index in [1.54, 1.807) is 10.4 Å². The average Bonchev–Trinajstić information content (AvgIpc) is 3.05. The molecule has 2 aliphatic rings. The third-order valence-corrected chi connectivity index (χ3v) is 23.4. The first-order valence-corrected chi connectivity index (χ1v) is 18.2. The number of halogens is 2.